The number of aryl methyl sites for hydroxylation is 1. The van der Waals surface area contributed by atoms with E-state index < -0.39 is 5.97 Å². The molecule has 1 fully saturated rings. The second-order valence-electron chi connectivity index (χ2n) is 5.69. The van der Waals surface area contributed by atoms with Crippen LogP contribution in [0, 0.1) is 12.8 Å². The van der Waals surface area contributed by atoms with Crippen molar-refractivity contribution < 1.29 is 14.7 Å². The SMILES string of the molecule is Cc1[nH]c2ccccc2c1C(=O)NC(CC(=O)O)C1CC1. The van der Waals surface area contributed by atoms with Gasteiger partial charge in [0, 0.05) is 22.6 Å². The van der Waals surface area contributed by atoms with E-state index in [2.05, 4.69) is 10.3 Å². The highest BCUT2D eigenvalue weighted by molar-refractivity contribution is 6.08. The molecule has 2 aromatic rings. The number of hydrogen-bond acceptors (Lipinski definition) is 2. The Morgan fingerprint density at radius 2 is 2.10 bits per heavy atom. The molecule has 1 aliphatic rings. The van der Waals surface area contributed by atoms with Crippen LogP contribution in [0.15, 0.2) is 24.3 Å². The van der Waals surface area contributed by atoms with Crippen molar-refractivity contribution in [2.75, 3.05) is 0 Å². The lowest BCUT2D eigenvalue weighted by molar-refractivity contribution is -0.137. The molecule has 1 aromatic heterocycles. The average molecular weight is 286 g/mol. The molecule has 21 heavy (non-hydrogen) atoms. The van der Waals surface area contributed by atoms with Gasteiger partial charge >= 0.3 is 5.97 Å². The second kappa shape index (κ2) is 5.24. The van der Waals surface area contributed by atoms with Crippen LogP contribution in [0.25, 0.3) is 10.9 Å². The summed E-state index contributed by atoms with van der Waals surface area (Å²) >= 11 is 0. The third-order valence-corrected chi connectivity index (χ3v) is 4.02. The number of aliphatic carboxylic acids is 1. The normalized spacial score (nSPS) is 15.9. The first-order chi connectivity index (χ1) is 10.1. The third kappa shape index (κ3) is 2.77. The predicted molar refractivity (Wildman–Crippen MR) is 79.3 cm³/mol. The monoisotopic (exact) mass is 286 g/mol. The minimum Gasteiger partial charge on any atom is -0.481 e. The highest BCUT2D eigenvalue weighted by Gasteiger charge is 2.34. The fourth-order valence-corrected chi connectivity index (χ4v) is 2.83. The number of fused-ring (bicyclic) bond motifs is 1. The van der Waals surface area contributed by atoms with E-state index in [1.807, 2.05) is 31.2 Å². The standard InChI is InChI=1S/C16H18N2O3/c1-9-15(11-4-2-3-5-12(11)17-9)16(21)18-13(8-14(19)20)10-6-7-10/h2-5,10,13,17H,6-8H2,1H3,(H,18,21)(H,19,20). The highest BCUT2D eigenvalue weighted by Crippen LogP contribution is 2.34. The largest absolute Gasteiger partial charge is 0.481 e. The van der Waals surface area contributed by atoms with E-state index in [1.165, 1.54) is 0 Å². The van der Waals surface area contributed by atoms with Crippen LogP contribution in [0.5, 0.6) is 0 Å². The molecule has 1 aromatic carbocycles. The van der Waals surface area contributed by atoms with Gasteiger partial charge in [0.2, 0.25) is 0 Å². The molecule has 110 valence electrons. The number of carbonyl (C=O) groups excluding carboxylic acids is 1. The van der Waals surface area contributed by atoms with Crippen LogP contribution in [0.4, 0.5) is 0 Å². The molecule has 1 amide bonds. The summed E-state index contributed by atoms with van der Waals surface area (Å²) in [6.07, 6.45) is 1.97. The number of carboxylic acids is 1. The quantitative estimate of drug-likeness (QED) is 0.789. The third-order valence-electron chi connectivity index (χ3n) is 4.02. The molecular weight excluding hydrogens is 268 g/mol. The molecule has 1 heterocycles. The number of benzene rings is 1. The Kier molecular flexibility index (Phi) is 3.41. The van der Waals surface area contributed by atoms with Crippen molar-refractivity contribution in [3.05, 3.63) is 35.5 Å². The molecule has 0 saturated heterocycles. The van der Waals surface area contributed by atoms with Crippen LogP contribution in [0.3, 0.4) is 0 Å². The van der Waals surface area contributed by atoms with Crippen molar-refractivity contribution in [2.24, 2.45) is 5.92 Å². The summed E-state index contributed by atoms with van der Waals surface area (Å²) in [6, 6.07) is 7.36. The van der Waals surface area contributed by atoms with Gasteiger partial charge in [0.05, 0.1) is 12.0 Å². The van der Waals surface area contributed by atoms with Crippen molar-refractivity contribution in [1.82, 2.24) is 10.3 Å². The first kappa shape index (κ1) is 13.7. The lowest BCUT2D eigenvalue weighted by Gasteiger charge is -2.16. The Bertz CT molecular complexity index is 701. The van der Waals surface area contributed by atoms with Crippen LogP contribution >= 0.6 is 0 Å². The minimum atomic E-state index is -0.872. The van der Waals surface area contributed by atoms with Gasteiger partial charge in [-0.25, -0.2) is 0 Å². The summed E-state index contributed by atoms with van der Waals surface area (Å²) in [6.45, 7) is 1.86. The Morgan fingerprint density at radius 3 is 2.76 bits per heavy atom. The molecule has 3 rings (SSSR count). The number of carboxylic acid groups (broad SMARTS) is 1. The van der Waals surface area contributed by atoms with Gasteiger partial charge < -0.3 is 15.4 Å². The molecule has 0 bridgehead atoms. The first-order valence-electron chi connectivity index (χ1n) is 7.16. The van der Waals surface area contributed by atoms with Crippen LogP contribution < -0.4 is 5.32 Å². The van der Waals surface area contributed by atoms with Gasteiger partial charge in [0.15, 0.2) is 0 Å². The fourth-order valence-electron chi connectivity index (χ4n) is 2.83. The summed E-state index contributed by atoms with van der Waals surface area (Å²) in [4.78, 5) is 26.7. The zero-order valence-electron chi connectivity index (χ0n) is 11.8. The van der Waals surface area contributed by atoms with E-state index in [0.29, 0.717) is 11.5 Å². The lowest BCUT2D eigenvalue weighted by atomic mass is 10.1. The Balaban J connectivity index is 1.86. The molecule has 1 unspecified atom stereocenters. The summed E-state index contributed by atoms with van der Waals surface area (Å²) in [5, 5.41) is 12.8. The molecule has 0 radical (unpaired) electrons. The van der Waals surface area contributed by atoms with Gasteiger partial charge in [-0.3, -0.25) is 9.59 Å². The molecule has 5 nitrogen and oxygen atoms in total. The number of aromatic amines is 1. The van der Waals surface area contributed by atoms with E-state index in [4.69, 9.17) is 5.11 Å². The number of H-pyrrole nitrogens is 1. The number of aromatic nitrogens is 1. The predicted octanol–water partition coefficient (Wildman–Crippen LogP) is 2.46. The number of hydrogen-bond donors (Lipinski definition) is 3. The van der Waals surface area contributed by atoms with Crippen LogP contribution in [-0.4, -0.2) is 28.0 Å². The average Bonchev–Trinajstić information content (AvgIpc) is 3.19. The Morgan fingerprint density at radius 1 is 1.38 bits per heavy atom. The smallest absolute Gasteiger partial charge is 0.305 e. The molecular formula is C16H18N2O3. The first-order valence-corrected chi connectivity index (χ1v) is 7.16. The zero-order chi connectivity index (χ0) is 15.0. The number of rotatable bonds is 5. The van der Waals surface area contributed by atoms with Crippen molar-refractivity contribution in [3.8, 4) is 0 Å². The number of para-hydroxylation sites is 1. The van der Waals surface area contributed by atoms with Crippen LogP contribution in [0.2, 0.25) is 0 Å². The molecule has 5 heteroatoms. The molecule has 1 aliphatic carbocycles. The molecule has 1 saturated carbocycles. The Hall–Kier alpha value is -2.30. The lowest BCUT2D eigenvalue weighted by Crippen LogP contribution is -2.38. The highest BCUT2D eigenvalue weighted by atomic mass is 16.4. The van der Waals surface area contributed by atoms with Crippen molar-refractivity contribution in [1.29, 1.82) is 0 Å². The van der Waals surface area contributed by atoms with Crippen molar-refractivity contribution >= 4 is 22.8 Å². The van der Waals surface area contributed by atoms with E-state index in [-0.39, 0.29) is 18.4 Å². The van der Waals surface area contributed by atoms with Crippen LogP contribution in [-0.2, 0) is 4.79 Å². The zero-order valence-corrected chi connectivity index (χ0v) is 11.8. The van der Waals surface area contributed by atoms with Crippen molar-refractivity contribution in [3.63, 3.8) is 0 Å². The summed E-state index contributed by atoms with van der Waals surface area (Å²) in [5.74, 6) is -0.762. The fraction of sp³-hybridized carbons (Fsp3) is 0.375. The van der Waals surface area contributed by atoms with Crippen LogP contribution in [0.1, 0.15) is 35.3 Å². The number of nitrogens with one attached hydrogen (secondary N) is 2. The number of amides is 1. The van der Waals surface area contributed by atoms with Crippen molar-refractivity contribution in [2.45, 2.75) is 32.2 Å². The van der Waals surface area contributed by atoms with Gasteiger partial charge in [0.25, 0.3) is 5.91 Å². The van der Waals surface area contributed by atoms with Gasteiger partial charge in [0.1, 0.15) is 0 Å². The molecule has 0 aliphatic heterocycles. The van der Waals surface area contributed by atoms with E-state index >= 15 is 0 Å². The molecule has 0 spiro atoms. The molecule has 1 atom stereocenters. The van der Waals surface area contributed by atoms with E-state index in [0.717, 1.165) is 29.4 Å². The maximum absolute atomic E-state index is 12.5. The van der Waals surface area contributed by atoms with Gasteiger partial charge in [-0.05, 0) is 31.7 Å². The van der Waals surface area contributed by atoms with Gasteiger partial charge in [-0.1, -0.05) is 18.2 Å². The summed E-state index contributed by atoms with van der Waals surface area (Å²) in [5.41, 5.74) is 2.33. The van der Waals surface area contributed by atoms with Gasteiger partial charge in [-0.15, -0.1) is 0 Å². The minimum absolute atomic E-state index is 0.0161. The summed E-state index contributed by atoms with van der Waals surface area (Å²) in [7, 11) is 0. The number of carbonyl (C=O) groups is 2. The maximum atomic E-state index is 12.5. The Labute approximate surface area is 122 Å². The maximum Gasteiger partial charge on any atom is 0.305 e. The second-order valence-corrected chi connectivity index (χ2v) is 5.69. The topological polar surface area (TPSA) is 82.2 Å². The molecule has 3 N–H and O–H groups in total. The summed E-state index contributed by atoms with van der Waals surface area (Å²) < 4.78 is 0. The van der Waals surface area contributed by atoms with E-state index in [9.17, 15) is 9.59 Å². The van der Waals surface area contributed by atoms with Gasteiger partial charge in [-0.2, -0.15) is 0 Å². The van der Waals surface area contributed by atoms with E-state index in [1.54, 1.807) is 0 Å².